The Morgan fingerprint density at radius 3 is 2.39 bits per heavy atom. The lowest BCUT2D eigenvalue weighted by molar-refractivity contribution is -0.137. The minimum Gasteiger partial charge on any atom is -0.282 e. The summed E-state index contributed by atoms with van der Waals surface area (Å²) in [6.45, 7) is 0. The van der Waals surface area contributed by atoms with Gasteiger partial charge in [0.2, 0.25) is 0 Å². The number of amides is 2. The van der Waals surface area contributed by atoms with Crippen molar-refractivity contribution < 1.29 is 22.8 Å². The molecule has 1 fully saturated rings. The molecule has 7 heteroatoms. The largest absolute Gasteiger partial charge is 0.416 e. The van der Waals surface area contributed by atoms with Crippen LogP contribution in [0, 0.1) is 0 Å². The van der Waals surface area contributed by atoms with Gasteiger partial charge in [0.1, 0.15) is 0 Å². The number of halogens is 3. The number of carbonyl (C=O) groups excluding carboxylic acids is 2. The summed E-state index contributed by atoms with van der Waals surface area (Å²) in [5.41, 5.74) is -0.984. The van der Waals surface area contributed by atoms with Crippen molar-refractivity contribution in [2.45, 2.75) is 6.18 Å². The van der Waals surface area contributed by atoms with Gasteiger partial charge in [-0.25, -0.2) is 0 Å². The molecule has 2 amide bonds. The molecule has 3 nitrogen and oxygen atoms in total. The molecule has 0 saturated carbocycles. The molecule has 0 radical (unpaired) electrons. The van der Waals surface area contributed by atoms with Crippen LogP contribution in [0.2, 0.25) is 0 Å². The van der Waals surface area contributed by atoms with Crippen LogP contribution in [-0.2, 0) is 11.0 Å². The van der Waals surface area contributed by atoms with Gasteiger partial charge in [0.15, 0.2) is 0 Å². The normalized spacial score (nSPS) is 18.3. The predicted molar refractivity (Wildman–Crippen MR) is 60.6 cm³/mol. The molecular weight excluding hydrogens is 267 g/mol. The number of hydrogen-bond acceptors (Lipinski definition) is 3. The molecule has 0 atom stereocenters. The molecule has 0 aromatic heterocycles. The number of hydrogen-bond donors (Lipinski definition) is 1. The number of rotatable bonds is 1. The molecule has 18 heavy (non-hydrogen) atoms. The third-order valence-corrected chi connectivity index (χ3v) is 3.01. The van der Waals surface area contributed by atoms with E-state index in [2.05, 4.69) is 0 Å². The predicted octanol–water partition coefficient (Wildman–Crippen LogP) is 3.03. The van der Waals surface area contributed by atoms with E-state index in [9.17, 15) is 22.8 Å². The summed E-state index contributed by atoms with van der Waals surface area (Å²) in [6.07, 6.45) is -3.44. The summed E-state index contributed by atoms with van der Waals surface area (Å²) in [5, 5.41) is 1.39. The van der Waals surface area contributed by atoms with Crippen molar-refractivity contribution in [1.82, 2.24) is 5.32 Å². The minimum atomic E-state index is -4.50. The van der Waals surface area contributed by atoms with E-state index in [0.29, 0.717) is 11.8 Å². The quantitative estimate of drug-likeness (QED) is 0.800. The van der Waals surface area contributed by atoms with E-state index in [4.69, 9.17) is 0 Å². The fourth-order valence-electron chi connectivity index (χ4n) is 1.44. The van der Waals surface area contributed by atoms with Crippen LogP contribution < -0.4 is 5.32 Å². The lowest BCUT2D eigenvalue weighted by atomic mass is 10.1. The molecule has 94 valence electrons. The van der Waals surface area contributed by atoms with Crippen molar-refractivity contribution in [1.29, 1.82) is 0 Å². The lowest BCUT2D eigenvalue weighted by Crippen LogP contribution is -2.18. The van der Waals surface area contributed by atoms with Gasteiger partial charge in [-0.3, -0.25) is 14.9 Å². The molecule has 0 bridgehead atoms. The van der Waals surface area contributed by atoms with Crippen LogP contribution >= 0.6 is 11.8 Å². The van der Waals surface area contributed by atoms with Crippen molar-refractivity contribution in [2.24, 2.45) is 0 Å². The maximum absolute atomic E-state index is 12.7. The summed E-state index contributed by atoms with van der Waals surface area (Å²) >= 11 is 0.582. The van der Waals surface area contributed by atoms with Crippen molar-refractivity contribution in [3.8, 4) is 0 Å². The third-order valence-electron chi connectivity index (χ3n) is 2.19. The van der Waals surface area contributed by atoms with E-state index in [-0.39, 0.29) is 10.5 Å². The fourth-order valence-corrected chi connectivity index (χ4v) is 2.12. The van der Waals surface area contributed by atoms with Crippen molar-refractivity contribution in [3.63, 3.8) is 0 Å². The Balaban J connectivity index is 2.44. The van der Waals surface area contributed by atoms with Crippen molar-refractivity contribution in [3.05, 3.63) is 40.3 Å². The number of benzene rings is 1. The second-order valence-electron chi connectivity index (χ2n) is 3.44. The van der Waals surface area contributed by atoms with E-state index in [1.54, 1.807) is 0 Å². The van der Waals surface area contributed by atoms with Gasteiger partial charge in [-0.1, -0.05) is 18.2 Å². The number of imide groups is 1. The number of nitrogens with one attached hydrogen (secondary N) is 1. The van der Waals surface area contributed by atoms with Crippen molar-refractivity contribution in [2.75, 3.05) is 0 Å². The second-order valence-corrected chi connectivity index (χ2v) is 4.45. The van der Waals surface area contributed by atoms with Gasteiger partial charge in [0.25, 0.3) is 11.1 Å². The van der Waals surface area contributed by atoms with Gasteiger partial charge in [0.05, 0.1) is 10.5 Å². The zero-order chi connectivity index (χ0) is 13.3. The van der Waals surface area contributed by atoms with Gasteiger partial charge in [-0.05, 0) is 29.5 Å². The Hall–Kier alpha value is -1.76. The highest BCUT2D eigenvalue weighted by Gasteiger charge is 2.33. The highest BCUT2D eigenvalue weighted by Crippen LogP contribution is 2.34. The number of alkyl halides is 3. The van der Waals surface area contributed by atoms with Crippen LogP contribution in [0.3, 0.4) is 0 Å². The van der Waals surface area contributed by atoms with E-state index < -0.39 is 22.9 Å². The van der Waals surface area contributed by atoms with E-state index in [1.165, 1.54) is 18.2 Å². The monoisotopic (exact) mass is 273 g/mol. The molecule has 1 aliphatic heterocycles. The first-order chi connectivity index (χ1) is 8.38. The highest BCUT2D eigenvalue weighted by molar-refractivity contribution is 8.18. The Morgan fingerprint density at radius 1 is 1.17 bits per heavy atom. The Bertz CT molecular complexity index is 551. The molecule has 1 aliphatic rings. The van der Waals surface area contributed by atoms with Gasteiger partial charge in [0, 0.05) is 0 Å². The molecular formula is C11H6F3NO2S. The van der Waals surface area contributed by atoms with Crippen LogP contribution in [0.4, 0.5) is 18.0 Å². The zero-order valence-electron chi connectivity index (χ0n) is 8.75. The van der Waals surface area contributed by atoms with E-state index in [0.717, 1.165) is 12.1 Å². The average molecular weight is 273 g/mol. The molecule has 1 aromatic carbocycles. The van der Waals surface area contributed by atoms with Gasteiger partial charge < -0.3 is 0 Å². The minimum absolute atomic E-state index is 0.0447. The second kappa shape index (κ2) is 4.49. The topological polar surface area (TPSA) is 46.2 Å². The van der Waals surface area contributed by atoms with E-state index >= 15 is 0 Å². The smallest absolute Gasteiger partial charge is 0.282 e. The summed E-state index contributed by atoms with van der Waals surface area (Å²) in [4.78, 5) is 22.1. The maximum Gasteiger partial charge on any atom is 0.416 e. The molecule has 0 unspecified atom stereocenters. The molecule has 1 heterocycles. The lowest BCUT2D eigenvalue weighted by Gasteiger charge is -2.09. The summed E-state index contributed by atoms with van der Waals surface area (Å²) < 4.78 is 38.1. The van der Waals surface area contributed by atoms with Gasteiger partial charge in [-0.2, -0.15) is 13.2 Å². The van der Waals surface area contributed by atoms with Gasteiger partial charge >= 0.3 is 6.18 Å². The third kappa shape index (κ3) is 2.56. The molecule has 1 N–H and O–H groups in total. The number of thioether (sulfide) groups is 1. The Morgan fingerprint density at radius 2 is 1.83 bits per heavy atom. The molecule has 1 saturated heterocycles. The molecule has 0 spiro atoms. The van der Waals surface area contributed by atoms with Crippen LogP contribution in [0.25, 0.3) is 6.08 Å². The average Bonchev–Trinajstić information content (AvgIpc) is 2.57. The van der Waals surface area contributed by atoms with E-state index in [1.807, 2.05) is 5.32 Å². The first-order valence-corrected chi connectivity index (χ1v) is 5.60. The van der Waals surface area contributed by atoms with Crippen LogP contribution in [0.1, 0.15) is 11.1 Å². The standard InChI is InChI=1S/C11H6F3NO2S/c12-11(13,14)7-4-2-1-3-6(7)5-8-9(16)15-10(17)18-8/h1-5H,(H,15,16,17)/b8-5+. The maximum atomic E-state index is 12.7. The van der Waals surface area contributed by atoms with Crippen molar-refractivity contribution >= 4 is 29.0 Å². The Labute approximate surface area is 104 Å². The van der Waals surface area contributed by atoms with Crippen LogP contribution in [0.5, 0.6) is 0 Å². The van der Waals surface area contributed by atoms with Crippen LogP contribution in [-0.4, -0.2) is 11.1 Å². The first kappa shape index (κ1) is 12.7. The number of carbonyl (C=O) groups is 2. The first-order valence-electron chi connectivity index (χ1n) is 4.79. The highest BCUT2D eigenvalue weighted by atomic mass is 32.2. The Kier molecular flexibility index (Phi) is 3.16. The summed E-state index contributed by atoms with van der Waals surface area (Å²) in [7, 11) is 0. The van der Waals surface area contributed by atoms with Gasteiger partial charge in [-0.15, -0.1) is 0 Å². The molecule has 1 aromatic rings. The SMILES string of the molecule is O=C1NC(=O)/C(=C\c2ccccc2C(F)(F)F)S1. The zero-order valence-corrected chi connectivity index (χ0v) is 9.56. The summed E-state index contributed by atoms with van der Waals surface area (Å²) in [5.74, 6) is -0.679. The fraction of sp³-hybridized carbons (Fsp3) is 0.0909. The molecule has 2 rings (SSSR count). The molecule has 0 aliphatic carbocycles. The van der Waals surface area contributed by atoms with Crippen LogP contribution in [0.15, 0.2) is 29.2 Å². The summed E-state index contributed by atoms with van der Waals surface area (Å²) in [6, 6.07) is 4.86.